The first-order valence-electron chi connectivity index (χ1n) is 10.8. The molecule has 0 radical (unpaired) electrons. The number of rotatable bonds is 7. The van der Waals surface area contributed by atoms with Crippen LogP contribution in [0.15, 0.2) is 60.9 Å². The van der Waals surface area contributed by atoms with Gasteiger partial charge in [-0.15, -0.1) is 11.3 Å². The van der Waals surface area contributed by atoms with Crippen LogP contribution in [0.25, 0.3) is 21.6 Å². The summed E-state index contributed by atoms with van der Waals surface area (Å²) in [6.45, 7) is 4.33. The van der Waals surface area contributed by atoms with E-state index in [4.69, 9.17) is 5.73 Å². The van der Waals surface area contributed by atoms with E-state index in [1.807, 2.05) is 63.6 Å². The fraction of sp³-hybridized carbons (Fsp3) is 0.231. The number of thiophene rings is 1. The summed E-state index contributed by atoms with van der Waals surface area (Å²) in [6, 6.07) is 15.8. The SMILES string of the molecule is Cc1ccc(CN)cc1C(=O)NC(C)c1cc(-c2cnn(C)c2)cc(-c2ccc(CO)s2)c1. The van der Waals surface area contributed by atoms with Crippen LogP contribution in [0, 0.1) is 6.92 Å². The maximum absolute atomic E-state index is 13.1. The zero-order valence-corrected chi connectivity index (χ0v) is 19.8. The number of aliphatic hydroxyl groups is 1. The molecule has 4 rings (SSSR count). The minimum Gasteiger partial charge on any atom is -0.391 e. The lowest BCUT2D eigenvalue weighted by atomic mass is 9.97. The summed E-state index contributed by atoms with van der Waals surface area (Å²) in [5.41, 5.74) is 12.3. The predicted molar refractivity (Wildman–Crippen MR) is 133 cm³/mol. The van der Waals surface area contributed by atoms with Gasteiger partial charge in [-0.2, -0.15) is 5.10 Å². The van der Waals surface area contributed by atoms with Crippen molar-refractivity contribution in [3.8, 4) is 21.6 Å². The number of aromatic nitrogens is 2. The predicted octanol–water partition coefficient (Wildman–Crippen LogP) is 4.57. The first-order valence-corrected chi connectivity index (χ1v) is 11.6. The van der Waals surface area contributed by atoms with Crippen molar-refractivity contribution < 1.29 is 9.90 Å². The van der Waals surface area contributed by atoms with Crippen molar-refractivity contribution in [1.29, 1.82) is 0 Å². The Kier molecular flexibility index (Phi) is 6.74. The van der Waals surface area contributed by atoms with Crippen LogP contribution in [0.1, 0.15) is 44.9 Å². The van der Waals surface area contributed by atoms with E-state index in [-0.39, 0.29) is 18.6 Å². The summed E-state index contributed by atoms with van der Waals surface area (Å²) in [5.74, 6) is -0.123. The van der Waals surface area contributed by atoms with Gasteiger partial charge in [-0.05, 0) is 78.1 Å². The number of nitrogens with two attached hydrogens (primary N) is 1. The van der Waals surface area contributed by atoms with Gasteiger partial charge in [-0.1, -0.05) is 12.1 Å². The maximum Gasteiger partial charge on any atom is 0.252 e. The summed E-state index contributed by atoms with van der Waals surface area (Å²) in [6.07, 6.45) is 3.81. The Hall–Kier alpha value is -3.26. The summed E-state index contributed by atoms with van der Waals surface area (Å²) in [7, 11) is 1.89. The van der Waals surface area contributed by atoms with Crippen molar-refractivity contribution in [1.82, 2.24) is 15.1 Å². The topological polar surface area (TPSA) is 93.2 Å². The van der Waals surface area contributed by atoms with E-state index >= 15 is 0 Å². The molecule has 7 heteroatoms. The standard InChI is InChI=1S/C26H28N4O2S/c1-16-4-5-18(12-27)8-24(16)26(32)29-17(2)19-9-20(22-13-28-30(3)14-22)11-21(10-19)25-7-6-23(15-31)33-25/h4-11,13-14,17,31H,12,15,27H2,1-3H3,(H,29,32). The van der Waals surface area contributed by atoms with Crippen molar-refractivity contribution in [3.63, 3.8) is 0 Å². The Labute approximate surface area is 197 Å². The number of aryl methyl sites for hydroxylation is 2. The first-order chi connectivity index (χ1) is 15.9. The molecule has 0 bridgehead atoms. The summed E-state index contributed by atoms with van der Waals surface area (Å²) >= 11 is 1.56. The van der Waals surface area contributed by atoms with Crippen molar-refractivity contribution in [2.75, 3.05) is 0 Å². The number of nitrogens with one attached hydrogen (secondary N) is 1. The second-order valence-corrected chi connectivity index (χ2v) is 9.39. The highest BCUT2D eigenvalue weighted by Gasteiger charge is 2.17. The third-order valence-corrected chi connectivity index (χ3v) is 6.84. The third-order valence-electron chi connectivity index (χ3n) is 5.73. The van der Waals surface area contributed by atoms with Gasteiger partial charge in [0, 0.05) is 40.7 Å². The number of hydrogen-bond donors (Lipinski definition) is 3. The van der Waals surface area contributed by atoms with Gasteiger partial charge in [0.25, 0.3) is 5.91 Å². The highest BCUT2D eigenvalue weighted by molar-refractivity contribution is 7.15. The van der Waals surface area contributed by atoms with Gasteiger partial charge in [-0.25, -0.2) is 0 Å². The van der Waals surface area contributed by atoms with E-state index in [0.717, 1.165) is 43.1 Å². The molecular weight excluding hydrogens is 432 g/mol. The highest BCUT2D eigenvalue weighted by atomic mass is 32.1. The van der Waals surface area contributed by atoms with Crippen molar-refractivity contribution >= 4 is 17.2 Å². The van der Waals surface area contributed by atoms with Crippen LogP contribution in [0.3, 0.4) is 0 Å². The minimum atomic E-state index is -0.217. The second-order valence-electron chi connectivity index (χ2n) is 8.22. The largest absolute Gasteiger partial charge is 0.391 e. The Morgan fingerprint density at radius 2 is 1.94 bits per heavy atom. The molecule has 0 spiro atoms. The molecule has 2 heterocycles. The van der Waals surface area contributed by atoms with Gasteiger partial charge in [-0.3, -0.25) is 9.48 Å². The van der Waals surface area contributed by atoms with Gasteiger partial charge >= 0.3 is 0 Å². The average molecular weight is 461 g/mol. The summed E-state index contributed by atoms with van der Waals surface area (Å²) < 4.78 is 1.77. The Balaban J connectivity index is 1.69. The Bertz CT molecular complexity index is 1290. The lowest BCUT2D eigenvalue weighted by molar-refractivity contribution is 0.0939. The molecule has 0 aliphatic rings. The smallest absolute Gasteiger partial charge is 0.252 e. The fourth-order valence-corrected chi connectivity index (χ4v) is 4.65. The van der Waals surface area contributed by atoms with E-state index in [2.05, 4.69) is 28.6 Å². The maximum atomic E-state index is 13.1. The highest BCUT2D eigenvalue weighted by Crippen LogP contribution is 2.34. The molecule has 33 heavy (non-hydrogen) atoms. The number of aliphatic hydroxyl groups excluding tert-OH is 1. The first kappa shape index (κ1) is 22.9. The second kappa shape index (κ2) is 9.70. The van der Waals surface area contributed by atoms with Gasteiger partial charge < -0.3 is 16.2 Å². The van der Waals surface area contributed by atoms with Crippen LogP contribution in [-0.4, -0.2) is 20.8 Å². The minimum absolute atomic E-state index is 0.0213. The molecule has 0 aliphatic heterocycles. The fourth-order valence-electron chi connectivity index (χ4n) is 3.80. The number of carbonyl (C=O) groups is 1. The lowest BCUT2D eigenvalue weighted by Gasteiger charge is -2.18. The molecule has 1 amide bonds. The van der Waals surface area contributed by atoms with Gasteiger partial charge in [0.15, 0.2) is 0 Å². The van der Waals surface area contributed by atoms with Crippen LogP contribution in [0.5, 0.6) is 0 Å². The van der Waals surface area contributed by atoms with Crippen LogP contribution in [-0.2, 0) is 20.2 Å². The molecule has 2 aromatic carbocycles. The van der Waals surface area contributed by atoms with Gasteiger partial charge in [0.05, 0.1) is 18.8 Å². The number of carbonyl (C=O) groups excluding carboxylic acids is 1. The molecule has 4 N–H and O–H groups in total. The van der Waals surface area contributed by atoms with Crippen LogP contribution in [0.4, 0.5) is 0 Å². The molecular formula is C26H28N4O2S. The molecule has 6 nitrogen and oxygen atoms in total. The van der Waals surface area contributed by atoms with Crippen molar-refractivity contribution in [2.45, 2.75) is 33.0 Å². The monoisotopic (exact) mass is 460 g/mol. The Morgan fingerprint density at radius 3 is 2.61 bits per heavy atom. The van der Waals surface area contributed by atoms with Crippen LogP contribution >= 0.6 is 11.3 Å². The van der Waals surface area contributed by atoms with Crippen LogP contribution in [0.2, 0.25) is 0 Å². The molecule has 4 aromatic rings. The molecule has 0 saturated carbocycles. The molecule has 2 aromatic heterocycles. The average Bonchev–Trinajstić information content (AvgIpc) is 3.48. The third kappa shape index (κ3) is 5.06. The number of amides is 1. The van der Waals surface area contributed by atoms with E-state index in [0.29, 0.717) is 12.1 Å². The molecule has 1 unspecified atom stereocenters. The normalized spacial score (nSPS) is 12.0. The quantitative estimate of drug-likeness (QED) is 0.377. The molecule has 0 saturated heterocycles. The van der Waals surface area contributed by atoms with Gasteiger partial charge in [0.1, 0.15) is 0 Å². The number of nitrogens with zero attached hydrogens (tertiary/aromatic N) is 2. The molecule has 0 aliphatic carbocycles. The lowest BCUT2D eigenvalue weighted by Crippen LogP contribution is -2.27. The van der Waals surface area contributed by atoms with Crippen molar-refractivity contribution in [3.05, 3.63) is 88.1 Å². The summed E-state index contributed by atoms with van der Waals surface area (Å²) in [4.78, 5) is 15.1. The van der Waals surface area contributed by atoms with E-state index in [1.54, 1.807) is 16.0 Å². The number of hydrogen-bond acceptors (Lipinski definition) is 5. The molecule has 0 fully saturated rings. The van der Waals surface area contributed by atoms with Crippen LogP contribution < -0.4 is 11.1 Å². The van der Waals surface area contributed by atoms with E-state index in [9.17, 15) is 9.90 Å². The molecule has 170 valence electrons. The summed E-state index contributed by atoms with van der Waals surface area (Å²) in [5, 5.41) is 16.9. The van der Waals surface area contributed by atoms with E-state index < -0.39 is 0 Å². The zero-order valence-electron chi connectivity index (χ0n) is 19.0. The zero-order chi connectivity index (χ0) is 23.5. The van der Waals surface area contributed by atoms with Crippen molar-refractivity contribution in [2.24, 2.45) is 12.8 Å². The molecule has 1 atom stereocenters. The van der Waals surface area contributed by atoms with E-state index in [1.165, 1.54) is 0 Å². The number of benzene rings is 2. The Morgan fingerprint density at radius 1 is 1.15 bits per heavy atom. The van der Waals surface area contributed by atoms with Gasteiger partial charge in [0.2, 0.25) is 0 Å².